The van der Waals surface area contributed by atoms with Crippen LogP contribution >= 0.6 is 0 Å². The van der Waals surface area contributed by atoms with Crippen molar-refractivity contribution in [3.05, 3.63) is 0 Å². The molecule has 0 bridgehead atoms. The highest BCUT2D eigenvalue weighted by Gasteiger charge is 2.32. The lowest BCUT2D eigenvalue weighted by Gasteiger charge is -2.29. The van der Waals surface area contributed by atoms with Crippen LogP contribution in [0, 0.1) is 0 Å². The van der Waals surface area contributed by atoms with Crippen molar-refractivity contribution in [2.75, 3.05) is 20.2 Å². The van der Waals surface area contributed by atoms with E-state index in [1.807, 2.05) is 20.8 Å². The van der Waals surface area contributed by atoms with Crippen LogP contribution < -0.4 is 5.32 Å². The molecule has 1 aliphatic heterocycles. The molecule has 1 heterocycles. The summed E-state index contributed by atoms with van der Waals surface area (Å²) in [5.41, 5.74) is -0.489. The first-order valence-electron chi connectivity index (χ1n) is 7.05. The minimum absolute atomic E-state index is 0.0666. The van der Waals surface area contributed by atoms with E-state index in [4.69, 9.17) is 4.74 Å². The molecule has 1 amide bonds. The summed E-state index contributed by atoms with van der Waals surface area (Å²) in [7, 11) is 1.36. The van der Waals surface area contributed by atoms with Gasteiger partial charge in [0.25, 0.3) is 0 Å². The molecule has 1 aliphatic rings. The van der Waals surface area contributed by atoms with Gasteiger partial charge in [0, 0.05) is 19.1 Å². The molecule has 0 aromatic rings. The lowest BCUT2D eigenvalue weighted by molar-refractivity contribution is -0.142. The molecule has 116 valence electrons. The zero-order valence-electron chi connectivity index (χ0n) is 13.1. The third kappa shape index (κ3) is 5.00. The second-order valence-electron chi connectivity index (χ2n) is 6.12. The monoisotopic (exact) mass is 286 g/mol. The molecule has 1 rings (SSSR count). The molecule has 1 fully saturated rings. The first-order valence-corrected chi connectivity index (χ1v) is 7.05. The van der Waals surface area contributed by atoms with E-state index in [1.165, 1.54) is 7.11 Å². The van der Waals surface area contributed by atoms with E-state index in [-0.39, 0.29) is 24.1 Å². The molecule has 6 heteroatoms. The Morgan fingerprint density at radius 1 is 1.40 bits per heavy atom. The molecule has 0 aromatic carbocycles. The lowest BCUT2D eigenvalue weighted by atomic mass is 10.2. The van der Waals surface area contributed by atoms with E-state index in [2.05, 4.69) is 10.1 Å². The van der Waals surface area contributed by atoms with Crippen LogP contribution in [-0.2, 0) is 14.3 Å². The van der Waals surface area contributed by atoms with Crippen LogP contribution in [0.1, 0.15) is 40.5 Å². The van der Waals surface area contributed by atoms with Gasteiger partial charge < -0.3 is 19.7 Å². The third-order valence-corrected chi connectivity index (χ3v) is 3.22. The molecule has 1 N–H and O–H groups in total. The van der Waals surface area contributed by atoms with Crippen LogP contribution in [-0.4, -0.2) is 54.8 Å². The summed E-state index contributed by atoms with van der Waals surface area (Å²) in [6.07, 6.45) is 1.59. The zero-order valence-corrected chi connectivity index (χ0v) is 13.1. The smallest absolute Gasteiger partial charge is 0.410 e. The molecule has 1 saturated heterocycles. The fraction of sp³-hybridized carbons (Fsp3) is 0.857. The predicted octanol–water partition coefficient (Wildman–Crippen LogP) is 1.54. The van der Waals surface area contributed by atoms with E-state index in [1.54, 1.807) is 11.8 Å². The number of hydrogen-bond acceptors (Lipinski definition) is 5. The third-order valence-electron chi connectivity index (χ3n) is 3.22. The van der Waals surface area contributed by atoms with Crippen molar-refractivity contribution < 1.29 is 19.1 Å². The number of rotatable bonds is 4. The molecule has 20 heavy (non-hydrogen) atoms. The summed E-state index contributed by atoms with van der Waals surface area (Å²) in [6.45, 7) is 8.58. The van der Waals surface area contributed by atoms with E-state index in [9.17, 15) is 9.59 Å². The second kappa shape index (κ2) is 6.92. The van der Waals surface area contributed by atoms with E-state index < -0.39 is 5.60 Å². The fourth-order valence-electron chi connectivity index (χ4n) is 2.18. The molecular weight excluding hydrogens is 260 g/mol. The van der Waals surface area contributed by atoms with Gasteiger partial charge in [-0.2, -0.15) is 0 Å². The summed E-state index contributed by atoms with van der Waals surface area (Å²) >= 11 is 0. The molecular formula is C14H26N2O4. The number of esters is 1. The first kappa shape index (κ1) is 16.8. The average Bonchev–Trinajstić information content (AvgIpc) is 2.81. The predicted molar refractivity (Wildman–Crippen MR) is 75.4 cm³/mol. The maximum Gasteiger partial charge on any atom is 0.410 e. The van der Waals surface area contributed by atoms with Crippen LogP contribution in [0.25, 0.3) is 0 Å². The van der Waals surface area contributed by atoms with Gasteiger partial charge in [0.1, 0.15) is 11.6 Å². The Labute approximate surface area is 120 Å². The Kier molecular flexibility index (Phi) is 5.80. The van der Waals surface area contributed by atoms with Gasteiger partial charge in [-0.3, -0.25) is 4.79 Å². The van der Waals surface area contributed by atoms with Gasteiger partial charge >= 0.3 is 12.1 Å². The van der Waals surface area contributed by atoms with Crippen molar-refractivity contribution in [2.45, 2.75) is 58.2 Å². The highest BCUT2D eigenvalue weighted by Crippen LogP contribution is 2.20. The molecule has 6 nitrogen and oxygen atoms in total. The summed E-state index contributed by atoms with van der Waals surface area (Å²) in [5, 5.41) is 3.10. The van der Waals surface area contributed by atoms with Gasteiger partial charge in [0.15, 0.2) is 0 Å². The SMILES string of the molecule is COC(=O)C(C)NCC1CCCN1C(=O)OC(C)(C)C. The van der Waals surface area contributed by atoms with Crippen molar-refractivity contribution in [3.8, 4) is 0 Å². The molecule has 0 aliphatic carbocycles. The van der Waals surface area contributed by atoms with Gasteiger partial charge in [-0.05, 0) is 40.5 Å². The molecule has 2 atom stereocenters. The fourth-order valence-corrected chi connectivity index (χ4v) is 2.18. The molecule has 0 aromatic heterocycles. The van der Waals surface area contributed by atoms with Crippen molar-refractivity contribution in [3.63, 3.8) is 0 Å². The average molecular weight is 286 g/mol. The molecule has 2 unspecified atom stereocenters. The van der Waals surface area contributed by atoms with Crippen molar-refractivity contribution in [1.82, 2.24) is 10.2 Å². The van der Waals surface area contributed by atoms with Gasteiger partial charge in [0.05, 0.1) is 7.11 Å². The minimum Gasteiger partial charge on any atom is -0.468 e. The second-order valence-corrected chi connectivity index (χ2v) is 6.12. The molecule has 0 spiro atoms. The number of hydrogen-bond donors (Lipinski definition) is 1. The van der Waals surface area contributed by atoms with Crippen LogP contribution in [0.4, 0.5) is 4.79 Å². The summed E-state index contributed by atoms with van der Waals surface area (Å²) in [6, 6.07) is -0.307. The Morgan fingerprint density at radius 2 is 2.05 bits per heavy atom. The van der Waals surface area contributed by atoms with Gasteiger partial charge in [-0.15, -0.1) is 0 Å². The number of nitrogens with zero attached hydrogens (tertiary/aromatic N) is 1. The maximum atomic E-state index is 12.1. The van der Waals surface area contributed by atoms with E-state index in [0.29, 0.717) is 13.1 Å². The topological polar surface area (TPSA) is 67.9 Å². The molecule has 0 saturated carbocycles. The number of methoxy groups -OCH3 is 1. The normalized spacial score (nSPS) is 20.6. The highest BCUT2D eigenvalue weighted by molar-refractivity contribution is 5.75. The number of ether oxygens (including phenoxy) is 2. The lowest BCUT2D eigenvalue weighted by Crippen LogP contribution is -2.47. The largest absolute Gasteiger partial charge is 0.468 e. The van der Waals surface area contributed by atoms with Crippen LogP contribution in [0.15, 0.2) is 0 Å². The number of carbonyl (C=O) groups excluding carboxylic acids is 2. The van der Waals surface area contributed by atoms with Gasteiger partial charge in [-0.1, -0.05) is 0 Å². The van der Waals surface area contributed by atoms with E-state index in [0.717, 1.165) is 12.8 Å². The number of amides is 1. The van der Waals surface area contributed by atoms with Gasteiger partial charge in [0.2, 0.25) is 0 Å². The van der Waals surface area contributed by atoms with Crippen molar-refractivity contribution in [1.29, 1.82) is 0 Å². The Morgan fingerprint density at radius 3 is 2.60 bits per heavy atom. The van der Waals surface area contributed by atoms with Crippen LogP contribution in [0.3, 0.4) is 0 Å². The van der Waals surface area contributed by atoms with Gasteiger partial charge in [-0.25, -0.2) is 4.79 Å². The minimum atomic E-state index is -0.489. The Balaban J connectivity index is 2.49. The van der Waals surface area contributed by atoms with Crippen molar-refractivity contribution >= 4 is 12.1 Å². The summed E-state index contributed by atoms with van der Waals surface area (Å²) < 4.78 is 10.1. The number of carbonyl (C=O) groups is 2. The number of likely N-dealkylation sites (tertiary alicyclic amines) is 1. The van der Waals surface area contributed by atoms with E-state index >= 15 is 0 Å². The Bertz CT molecular complexity index is 352. The Hall–Kier alpha value is -1.30. The quantitative estimate of drug-likeness (QED) is 0.794. The maximum absolute atomic E-state index is 12.1. The summed E-state index contributed by atoms with van der Waals surface area (Å²) in [4.78, 5) is 25.2. The van der Waals surface area contributed by atoms with Crippen molar-refractivity contribution in [2.24, 2.45) is 0 Å². The standard InChI is InChI=1S/C14H26N2O4/c1-10(12(17)19-5)15-9-11-7-6-8-16(11)13(18)20-14(2,3)4/h10-11,15H,6-9H2,1-5H3. The van der Waals surface area contributed by atoms with Crippen LogP contribution in [0.5, 0.6) is 0 Å². The number of nitrogens with one attached hydrogen (secondary N) is 1. The highest BCUT2D eigenvalue weighted by atomic mass is 16.6. The first-order chi connectivity index (χ1) is 9.24. The summed E-state index contributed by atoms with van der Waals surface area (Å²) in [5.74, 6) is -0.299. The van der Waals surface area contributed by atoms with Crippen LogP contribution in [0.2, 0.25) is 0 Å². The zero-order chi connectivity index (χ0) is 15.3. The molecule has 0 radical (unpaired) electrons.